The zero-order valence-electron chi connectivity index (χ0n) is 18.6. The maximum atomic E-state index is 13.9. The van der Waals surface area contributed by atoms with E-state index >= 15 is 0 Å². The molecule has 0 aromatic heterocycles. The predicted molar refractivity (Wildman–Crippen MR) is 129 cm³/mol. The Balaban J connectivity index is 0.00000341. The molecule has 0 unspecified atom stereocenters. The molecule has 1 aromatic rings. The van der Waals surface area contributed by atoms with Crippen LogP contribution in [0.1, 0.15) is 43.7 Å². The number of rotatable bonds is 7. The number of benzene rings is 1. The van der Waals surface area contributed by atoms with E-state index in [9.17, 15) is 9.18 Å². The normalized spacial score (nSPS) is 17.2. The Morgan fingerprint density at radius 3 is 2.68 bits per heavy atom. The Labute approximate surface area is 201 Å². The summed E-state index contributed by atoms with van der Waals surface area (Å²) in [5.74, 6) is 1.26. The first-order valence-electron chi connectivity index (χ1n) is 10.7. The summed E-state index contributed by atoms with van der Waals surface area (Å²) in [6.45, 7) is 4.31. The number of carbonyl (C=O) groups excluding carboxylic acids is 1. The lowest BCUT2D eigenvalue weighted by Gasteiger charge is -2.29. The summed E-state index contributed by atoms with van der Waals surface area (Å²) in [5, 5.41) is 6.55. The van der Waals surface area contributed by atoms with Crippen LogP contribution in [-0.4, -0.2) is 57.3 Å². The average Bonchev–Trinajstić information content (AvgIpc) is 3.21. The number of amides is 1. The van der Waals surface area contributed by atoms with Gasteiger partial charge in [-0.3, -0.25) is 9.79 Å². The fourth-order valence-electron chi connectivity index (χ4n) is 4.30. The van der Waals surface area contributed by atoms with Crippen molar-refractivity contribution < 1.29 is 18.7 Å². The SMILES string of the molecule is CCNC(=NCC1(C(=O)N(C)C)CCCC1)NCCc1cc(F)cc2c1OCOC2.I. The molecule has 1 aliphatic heterocycles. The van der Waals surface area contributed by atoms with Crippen molar-refractivity contribution in [2.45, 2.75) is 45.6 Å². The molecule has 3 rings (SSSR count). The van der Waals surface area contributed by atoms with Gasteiger partial charge in [0.1, 0.15) is 11.6 Å². The third-order valence-corrected chi connectivity index (χ3v) is 5.74. The quantitative estimate of drug-likeness (QED) is 0.312. The highest BCUT2D eigenvalue weighted by atomic mass is 127. The molecule has 7 nitrogen and oxygen atoms in total. The van der Waals surface area contributed by atoms with E-state index < -0.39 is 5.41 Å². The van der Waals surface area contributed by atoms with Gasteiger partial charge >= 0.3 is 0 Å². The molecule has 1 saturated carbocycles. The molecule has 1 amide bonds. The Hall–Kier alpha value is -1.62. The average molecular weight is 548 g/mol. The number of fused-ring (bicyclic) bond motifs is 1. The maximum absolute atomic E-state index is 13.9. The molecule has 0 radical (unpaired) electrons. The van der Waals surface area contributed by atoms with Crippen LogP contribution < -0.4 is 15.4 Å². The topological polar surface area (TPSA) is 75.2 Å². The molecule has 174 valence electrons. The summed E-state index contributed by atoms with van der Waals surface area (Å²) in [4.78, 5) is 19.2. The van der Waals surface area contributed by atoms with Gasteiger partial charge in [0.2, 0.25) is 5.91 Å². The lowest BCUT2D eigenvalue weighted by atomic mass is 9.85. The summed E-state index contributed by atoms with van der Waals surface area (Å²) >= 11 is 0. The Kier molecular flexibility index (Phi) is 9.80. The molecule has 1 aliphatic carbocycles. The minimum Gasteiger partial charge on any atom is -0.467 e. The highest BCUT2D eigenvalue weighted by Gasteiger charge is 2.42. The first kappa shape index (κ1) is 25.6. The number of ether oxygens (including phenoxy) is 2. The van der Waals surface area contributed by atoms with Gasteiger partial charge in [0.15, 0.2) is 12.8 Å². The van der Waals surface area contributed by atoms with Crippen LogP contribution in [0.2, 0.25) is 0 Å². The third-order valence-electron chi connectivity index (χ3n) is 5.74. The molecule has 0 spiro atoms. The molecule has 31 heavy (non-hydrogen) atoms. The van der Waals surface area contributed by atoms with Crippen LogP contribution in [-0.2, 0) is 22.6 Å². The number of halogens is 2. The van der Waals surface area contributed by atoms with E-state index in [0.29, 0.717) is 37.8 Å². The zero-order valence-corrected chi connectivity index (χ0v) is 21.0. The van der Waals surface area contributed by atoms with Gasteiger partial charge in [-0.2, -0.15) is 0 Å². The van der Waals surface area contributed by atoms with E-state index in [4.69, 9.17) is 14.5 Å². The van der Waals surface area contributed by atoms with Crippen LogP contribution in [0.5, 0.6) is 5.75 Å². The Morgan fingerprint density at radius 1 is 1.26 bits per heavy atom. The molecule has 1 fully saturated rings. The fourth-order valence-corrected chi connectivity index (χ4v) is 4.30. The van der Waals surface area contributed by atoms with Crippen molar-refractivity contribution >= 4 is 35.8 Å². The summed E-state index contributed by atoms with van der Waals surface area (Å²) in [6, 6.07) is 2.97. The van der Waals surface area contributed by atoms with E-state index in [1.165, 1.54) is 12.1 Å². The second-order valence-electron chi connectivity index (χ2n) is 8.22. The van der Waals surface area contributed by atoms with E-state index in [1.54, 1.807) is 4.90 Å². The molecule has 1 heterocycles. The molecule has 1 aromatic carbocycles. The van der Waals surface area contributed by atoms with Crippen molar-refractivity contribution in [3.8, 4) is 5.75 Å². The van der Waals surface area contributed by atoms with Crippen LogP contribution >= 0.6 is 24.0 Å². The van der Waals surface area contributed by atoms with Crippen molar-refractivity contribution in [1.82, 2.24) is 15.5 Å². The van der Waals surface area contributed by atoms with E-state index in [-0.39, 0.29) is 42.5 Å². The van der Waals surface area contributed by atoms with Crippen molar-refractivity contribution in [2.75, 3.05) is 40.5 Å². The molecule has 0 saturated heterocycles. The van der Waals surface area contributed by atoms with Gasteiger partial charge < -0.3 is 25.0 Å². The zero-order chi connectivity index (χ0) is 21.6. The monoisotopic (exact) mass is 548 g/mol. The molecular formula is C22H34FIN4O3. The summed E-state index contributed by atoms with van der Waals surface area (Å²) in [6.07, 6.45) is 4.47. The number of guanidine groups is 1. The fraction of sp³-hybridized carbons (Fsp3) is 0.636. The van der Waals surface area contributed by atoms with Gasteiger partial charge in [-0.15, -0.1) is 24.0 Å². The smallest absolute Gasteiger partial charge is 0.230 e. The summed E-state index contributed by atoms with van der Waals surface area (Å²) < 4.78 is 24.8. The summed E-state index contributed by atoms with van der Waals surface area (Å²) in [7, 11) is 3.62. The van der Waals surface area contributed by atoms with Gasteiger partial charge in [-0.05, 0) is 43.9 Å². The number of hydrogen-bond acceptors (Lipinski definition) is 4. The molecular weight excluding hydrogens is 514 g/mol. The molecule has 2 aliphatic rings. The molecule has 2 N–H and O–H groups in total. The van der Waals surface area contributed by atoms with Gasteiger partial charge in [0.05, 0.1) is 18.6 Å². The van der Waals surface area contributed by atoms with Crippen LogP contribution in [0.25, 0.3) is 0 Å². The number of nitrogens with one attached hydrogen (secondary N) is 2. The van der Waals surface area contributed by atoms with Gasteiger partial charge in [0.25, 0.3) is 0 Å². The predicted octanol–water partition coefficient (Wildman–Crippen LogP) is 3.06. The Morgan fingerprint density at radius 2 is 2.00 bits per heavy atom. The first-order valence-corrected chi connectivity index (χ1v) is 10.7. The van der Waals surface area contributed by atoms with Crippen LogP contribution in [0.15, 0.2) is 17.1 Å². The van der Waals surface area contributed by atoms with Crippen molar-refractivity contribution in [3.05, 3.63) is 29.1 Å². The van der Waals surface area contributed by atoms with Crippen LogP contribution in [0.4, 0.5) is 4.39 Å². The molecule has 0 bridgehead atoms. The second kappa shape index (κ2) is 11.8. The number of hydrogen-bond donors (Lipinski definition) is 2. The third kappa shape index (κ3) is 6.44. The number of aliphatic imine (C=N–C) groups is 1. The number of nitrogens with zero attached hydrogens (tertiary/aromatic N) is 2. The van der Waals surface area contributed by atoms with Crippen molar-refractivity contribution in [3.63, 3.8) is 0 Å². The van der Waals surface area contributed by atoms with Crippen LogP contribution in [0, 0.1) is 11.2 Å². The number of carbonyl (C=O) groups is 1. The lowest BCUT2D eigenvalue weighted by molar-refractivity contribution is -0.138. The molecule has 9 heteroatoms. The van der Waals surface area contributed by atoms with Gasteiger partial charge in [-0.25, -0.2) is 4.39 Å². The standard InChI is InChI=1S/C22H33FN4O3.HI/c1-4-24-21(26-14-22(8-5-6-9-22)20(28)27(2)3)25-10-7-16-11-18(23)12-17-13-29-15-30-19(16)17;/h11-12H,4-10,13-15H2,1-3H3,(H2,24,25,26);1H. The van der Waals surface area contributed by atoms with E-state index in [0.717, 1.165) is 43.4 Å². The highest BCUT2D eigenvalue weighted by Crippen LogP contribution is 2.39. The largest absolute Gasteiger partial charge is 0.467 e. The van der Waals surface area contributed by atoms with Crippen molar-refractivity contribution in [2.24, 2.45) is 10.4 Å². The van der Waals surface area contributed by atoms with Crippen LogP contribution in [0.3, 0.4) is 0 Å². The summed E-state index contributed by atoms with van der Waals surface area (Å²) in [5.41, 5.74) is 1.15. The van der Waals surface area contributed by atoms with Gasteiger partial charge in [-0.1, -0.05) is 12.8 Å². The van der Waals surface area contributed by atoms with E-state index in [2.05, 4.69) is 10.6 Å². The Bertz CT molecular complexity index is 782. The maximum Gasteiger partial charge on any atom is 0.230 e. The minimum absolute atomic E-state index is 0. The highest BCUT2D eigenvalue weighted by molar-refractivity contribution is 14.0. The van der Waals surface area contributed by atoms with Gasteiger partial charge in [0, 0.05) is 32.7 Å². The van der Waals surface area contributed by atoms with Crippen molar-refractivity contribution in [1.29, 1.82) is 0 Å². The minimum atomic E-state index is -0.401. The first-order chi connectivity index (χ1) is 14.4. The molecule has 0 atom stereocenters. The second-order valence-corrected chi connectivity index (χ2v) is 8.22. The van der Waals surface area contributed by atoms with E-state index in [1.807, 2.05) is 21.0 Å². The lowest BCUT2D eigenvalue weighted by Crippen LogP contribution is -2.43.